The number of aromatic amines is 1. The van der Waals surface area contributed by atoms with Crippen LogP contribution in [0.4, 0.5) is 14.5 Å². The van der Waals surface area contributed by atoms with Crippen LogP contribution in [0.25, 0.3) is 28.1 Å². The van der Waals surface area contributed by atoms with Crippen LogP contribution < -0.4 is 16.5 Å². The number of nitrogens with one attached hydrogen (secondary N) is 1. The minimum Gasteiger partial charge on any atom is -0.377 e. The number of nitrogens with zero attached hydrogens (tertiary/aromatic N) is 9. The van der Waals surface area contributed by atoms with E-state index in [-0.39, 0.29) is 42.1 Å². The first-order valence-electron chi connectivity index (χ1n) is 23.5. The largest absolute Gasteiger partial charge is 0.438 e. The van der Waals surface area contributed by atoms with E-state index in [9.17, 15) is 9.59 Å². The fraction of sp³-hybridized carbons (Fsp3) is 0.420. The van der Waals surface area contributed by atoms with Crippen LogP contribution in [-0.4, -0.2) is 95.0 Å². The van der Waals surface area contributed by atoms with Crippen LogP contribution in [0.5, 0.6) is 0 Å². The highest BCUT2D eigenvalue weighted by atomic mass is 19.1. The average Bonchev–Trinajstić information content (AvgIpc) is 3.76. The summed E-state index contributed by atoms with van der Waals surface area (Å²) in [7, 11) is 3.73. The van der Waals surface area contributed by atoms with Gasteiger partial charge in [0, 0.05) is 68.1 Å². The number of benzene rings is 3. The molecule has 3 aromatic carbocycles. The Labute approximate surface area is 388 Å². The van der Waals surface area contributed by atoms with Gasteiger partial charge in [0.25, 0.3) is 5.91 Å². The number of hydrogen-bond acceptors (Lipinski definition) is 10. The first-order valence-corrected chi connectivity index (χ1v) is 23.5. The number of amides is 1. The van der Waals surface area contributed by atoms with Gasteiger partial charge in [-0.1, -0.05) is 18.1 Å². The number of imidazole rings is 1. The molecule has 2 bridgehead atoms. The maximum atomic E-state index is 16.5. The molecule has 18 heteroatoms. The van der Waals surface area contributed by atoms with Crippen molar-refractivity contribution in [1.29, 1.82) is 0 Å². The lowest BCUT2D eigenvalue weighted by molar-refractivity contribution is -0.0441. The molecule has 13 rings (SSSR count). The fourth-order valence-electron chi connectivity index (χ4n) is 12.1. The Kier molecular flexibility index (Phi) is 8.83. The predicted molar refractivity (Wildman–Crippen MR) is 245 cm³/mol. The number of hydrazine groups is 1. The topological polar surface area (TPSA) is 154 Å². The third-order valence-electron chi connectivity index (χ3n) is 16.0. The van der Waals surface area contributed by atoms with Crippen LogP contribution in [-0.2, 0) is 28.0 Å². The van der Waals surface area contributed by atoms with Gasteiger partial charge in [-0.3, -0.25) is 23.4 Å². The van der Waals surface area contributed by atoms with E-state index in [4.69, 9.17) is 19.1 Å². The molecule has 4 aromatic heterocycles. The van der Waals surface area contributed by atoms with Crippen LogP contribution in [0.15, 0.2) is 75.0 Å². The zero-order valence-electron chi connectivity index (χ0n) is 38.4. The van der Waals surface area contributed by atoms with E-state index in [1.165, 1.54) is 20.9 Å². The lowest BCUT2D eigenvalue weighted by atomic mass is 9.87. The number of carbonyl (C=O) groups is 1. The molecule has 4 fully saturated rings. The minimum absolute atomic E-state index is 0.00761. The summed E-state index contributed by atoms with van der Waals surface area (Å²) in [5, 5.41) is 14.0. The van der Waals surface area contributed by atoms with Gasteiger partial charge in [0.05, 0.1) is 53.7 Å². The third-order valence-corrected chi connectivity index (χ3v) is 16.0. The van der Waals surface area contributed by atoms with E-state index in [2.05, 4.69) is 35.3 Å². The Morgan fingerprint density at radius 2 is 1.69 bits per heavy atom. The summed E-state index contributed by atoms with van der Waals surface area (Å²) in [6.07, 6.45) is 8.05. The molecule has 8 heterocycles. The Balaban J connectivity index is 0.972. The molecule has 1 N–H and O–H groups in total. The minimum atomic E-state index is -0.869. The van der Waals surface area contributed by atoms with Crippen LogP contribution in [0.1, 0.15) is 101 Å². The van der Waals surface area contributed by atoms with Gasteiger partial charge in [-0.25, -0.2) is 28.1 Å². The molecule has 16 nitrogen and oxygen atoms in total. The fourth-order valence-corrected chi connectivity index (χ4v) is 12.1. The molecule has 0 unspecified atom stereocenters. The van der Waals surface area contributed by atoms with Gasteiger partial charge in [-0.15, -0.1) is 0 Å². The number of hydrogen-bond donors (Lipinski definition) is 1. The van der Waals surface area contributed by atoms with Gasteiger partial charge >= 0.3 is 11.4 Å². The first-order chi connectivity index (χ1) is 32.7. The first kappa shape index (κ1) is 41.5. The van der Waals surface area contributed by atoms with Crippen molar-refractivity contribution in [3.05, 3.63) is 139 Å². The monoisotopic (exact) mass is 924 g/mol. The normalized spacial score (nSPS) is 24.8. The molecule has 1 spiro atoms. The smallest absolute Gasteiger partial charge is 0.377 e. The van der Waals surface area contributed by atoms with Gasteiger partial charge in [0.2, 0.25) is 0 Å². The molecular weight excluding hydrogens is 875 g/mol. The second-order valence-electron chi connectivity index (χ2n) is 20.0. The second kappa shape index (κ2) is 14.4. The molecule has 7 aromatic rings. The molecule has 0 radical (unpaired) electrons. The Bertz CT molecular complexity index is 3390. The van der Waals surface area contributed by atoms with Crippen LogP contribution in [0.2, 0.25) is 0 Å². The molecule has 6 aliphatic rings. The summed E-state index contributed by atoms with van der Waals surface area (Å²) in [4.78, 5) is 48.0. The third kappa shape index (κ3) is 5.89. The van der Waals surface area contributed by atoms with E-state index >= 15 is 13.6 Å². The van der Waals surface area contributed by atoms with Gasteiger partial charge in [-0.2, -0.15) is 5.10 Å². The van der Waals surface area contributed by atoms with E-state index in [1.54, 1.807) is 49.0 Å². The zero-order valence-corrected chi connectivity index (χ0v) is 38.4. The molecule has 68 heavy (non-hydrogen) atoms. The number of fused-ring (bicyclic) bond motifs is 6. The van der Waals surface area contributed by atoms with Crippen molar-refractivity contribution < 1.29 is 27.6 Å². The number of ether oxygens (including phenoxy) is 2. The molecule has 2 aliphatic carbocycles. The predicted octanol–water partition coefficient (Wildman–Crippen LogP) is 6.48. The Hall–Kier alpha value is -6.63. The van der Waals surface area contributed by atoms with E-state index in [0.29, 0.717) is 88.6 Å². The number of aromatic nitrogens is 7. The second-order valence-corrected chi connectivity index (χ2v) is 20.0. The van der Waals surface area contributed by atoms with Gasteiger partial charge < -0.3 is 23.9 Å². The van der Waals surface area contributed by atoms with Gasteiger partial charge in [-0.05, 0) is 117 Å². The van der Waals surface area contributed by atoms with Gasteiger partial charge in [0.15, 0.2) is 11.6 Å². The number of H-pyrrole nitrogens is 1. The number of morpholine rings is 1. The van der Waals surface area contributed by atoms with Crippen molar-refractivity contribution in [2.24, 2.45) is 5.92 Å². The highest BCUT2D eigenvalue weighted by Crippen LogP contribution is 2.57. The summed E-state index contributed by atoms with van der Waals surface area (Å²) in [6.45, 7) is 6.83. The summed E-state index contributed by atoms with van der Waals surface area (Å²) < 4.78 is 55.7. The van der Waals surface area contributed by atoms with E-state index in [0.717, 1.165) is 36.6 Å². The quantitative estimate of drug-likeness (QED) is 0.188. The zero-order chi connectivity index (χ0) is 46.7. The summed E-state index contributed by atoms with van der Waals surface area (Å²) in [6, 6.07) is 14.0. The van der Waals surface area contributed by atoms with Crippen molar-refractivity contribution in [2.75, 3.05) is 38.9 Å². The van der Waals surface area contributed by atoms with Crippen molar-refractivity contribution >= 4 is 22.5 Å². The molecule has 2 saturated heterocycles. The summed E-state index contributed by atoms with van der Waals surface area (Å²) in [5.74, 6) is -0.777. The maximum Gasteiger partial charge on any atom is 0.438 e. The molecule has 2 saturated carbocycles. The van der Waals surface area contributed by atoms with Crippen molar-refractivity contribution in [3.63, 3.8) is 0 Å². The number of carbonyl (C=O) groups excluding carboxylic acids is 1. The maximum absolute atomic E-state index is 16.5. The standard InChI is InChI=1S/C50H50F2N10O6/c1-26-16-32(17-27(2)42(26)51)62-44(59-14-13-58(48(59)65)38-9-8-37-34(43(38)52)23-56(4)57(37)5)41-35(54-62)20-33-24-66-25-40(41)60(33)45(63)39-19-31-18-29(30-10-15-67-49(22-30)11-12-49)6-7-36(31)61(39)50(21-28(50)3)46-53-47(64)68-55-46/h6-9,13-14,16-19,28,30,33,40H,10-12,15,20-25H2,1-5H3,(H,53,55,64)/t28-,30-,33-,40-,50-/m0/s1. The molecule has 4 aliphatic heterocycles. The number of aryl methyl sites for hydroxylation is 2. The average molecular weight is 925 g/mol. The molecule has 1 amide bonds. The van der Waals surface area contributed by atoms with Gasteiger partial charge in [0.1, 0.15) is 22.9 Å². The summed E-state index contributed by atoms with van der Waals surface area (Å²) in [5.41, 5.74) is 4.87. The lowest BCUT2D eigenvalue weighted by Gasteiger charge is -2.45. The number of rotatable bonds is 7. The Morgan fingerprint density at radius 3 is 2.43 bits per heavy atom. The van der Waals surface area contributed by atoms with Crippen LogP contribution in [0, 0.1) is 31.4 Å². The lowest BCUT2D eigenvalue weighted by Crippen LogP contribution is -2.55. The highest BCUT2D eigenvalue weighted by Gasteiger charge is 2.60. The SMILES string of the molecule is Cc1cc(-n2nc3c(c2-n2ccn(-c4ccc5c(c4F)CN(C)N5C)c2=O)[C@@H]2COC[C@H](C3)N2C(=O)c2cc3cc([C@H]4CCOC5(CC5)C4)ccc3n2[C@@]2(c3noc(=O)[nH]3)C[C@@H]2C)cc(C)c1F. The van der Waals surface area contributed by atoms with E-state index < -0.39 is 34.9 Å². The molecule has 5 atom stereocenters. The Morgan fingerprint density at radius 1 is 0.926 bits per heavy atom. The number of anilines is 1. The molecular formula is C50H50F2N10O6. The van der Waals surface area contributed by atoms with Crippen LogP contribution in [0.3, 0.4) is 0 Å². The molecule has 350 valence electrons. The number of halogens is 2. The van der Waals surface area contributed by atoms with Crippen molar-refractivity contribution in [3.8, 4) is 17.2 Å². The van der Waals surface area contributed by atoms with Crippen LogP contribution >= 0.6 is 0 Å². The summed E-state index contributed by atoms with van der Waals surface area (Å²) >= 11 is 0. The van der Waals surface area contributed by atoms with Crippen molar-refractivity contribution in [1.82, 2.24) is 43.5 Å². The van der Waals surface area contributed by atoms with Crippen molar-refractivity contribution in [2.45, 2.75) is 95.0 Å². The van der Waals surface area contributed by atoms with E-state index in [1.807, 2.05) is 39.6 Å². The highest BCUT2D eigenvalue weighted by molar-refractivity contribution is 6.00.